The molecule has 16 heavy (non-hydrogen) atoms. The highest BCUT2D eigenvalue weighted by molar-refractivity contribution is 5.56. The van der Waals surface area contributed by atoms with Crippen molar-refractivity contribution in [3.8, 4) is 11.4 Å². The average molecular weight is 219 g/mol. The van der Waals surface area contributed by atoms with Gasteiger partial charge in [-0.25, -0.2) is 4.98 Å². The number of furan rings is 1. The summed E-state index contributed by atoms with van der Waals surface area (Å²) in [5.41, 5.74) is 6.76. The van der Waals surface area contributed by atoms with E-state index in [-0.39, 0.29) is 5.56 Å². The van der Waals surface area contributed by atoms with Crippen molar-refractivity contribution in [1.29, 1.82) is 0 Å². The normalized spacial score (nSPS) is 10.6. The van der Waals surface area contributed by atoms with Gasteiger partial charge in [-0.05, 0) is 19.5 Å². The molecule has 5 nitrogen and oxygen atoms in total. The van der Waals surface area contributed by atoms with Crippen LogP contribution < -0.4 is 11.3 Å². The van der Waals surface area contributed by atoms with Crippen LogP contribution in [0.4, 0.5) is 0 Å². The van der Waals surface area contributed by atoms with Crippen molar-refractivity contribution in [3.63, 3.8) is 0 Å². The predicted molar refractivity (Wildman–Crippen MR) is 60.1 cm³/mol. The molecule has 0 amide bonds. The van der Waals surface area contributed by atoms with Gasteiger partial charge >= 0.3 is 0 Å². The topological polar surface area (TPSA) is 84.9 Å². The molecule has 0 saturated heterocycles. The number of nitrogens with two attached hydrogens (primary N) is 1. The van der Waals surface area contributed by atoms with E-state index >= 15 is 0 Å². The minimum atomic E-state index is -0.172. The molecule has 0 atom stereocenters. The molecule has 0 bridgehead atoms. The number of hydrogen-bond acceptors (Lipinski definition) is 4. The lowest BCUT2D eigenvalue weighted by atomic mass is 10.2. The first-order valence-corrected chi connectivity index (χ1v) is 5.05. The SMILES string of the molecule is Cc1occc1-c1nc(CCN)cc(=O)[nH]1. The van der Waals surface area contributed by atoms with Gasteiger partial charge in [0, 0.05) is 18.2 Å². The number of H-pyrrole nitrogens is 1. The van der Waals surface area contributed by atoms with Crippen molar-refractivity contribution in [1.82, 2.24) is 9.97 Å². The first kappa shape index (κ1) is 10.6. The molecule has 0 radical (unpaired) electrons. The second-order valence-corrected chi connectivity index (χ2v) is 3.51. The zero-order chi connectivity index (χ0) is 11.5. The van der Waals surface area contributed by atoms with Gasteiger partial charge in [0.2, 0.25) is 0 Å². The second-order valence-electron chi connectivity index (χ2n) is 3.51. The van der Waals surface area contributed by atoms with Gasteiger partial charge in [0.25, 0.3) is 5.56 Å². The summed E-state index contributed by atoms with van der Waals surface area (Å²) in [6.07, 6.45) is 2.16. The second kappa shape index (κ2) is 4.32. The van der Waals surface area contributed by atoms with Crippen LogP contribution in [0.5, 0.6) is 0 Å². The third-order valence-electron chi connectivity index (χ3n) is 2.31. The zero-order valence-electron chi connectivity index (χ0n) is 8.99. The molecular weight excluding hydrogens is 206 g/mol. The van der Waals surface area contributed by atoms with E-state index in [4.69, 9.17) is 10.2 Å². The van der Waals surface area contributed by atoms with E-state index in [1.807, 2.05) is 6.92 Å². The van der Waals surface area contributed by atoms with E-state index in [1.165, 1.54) is 6.07 Å². The lowest BCUT2D eigenvalue weighted by Crippen LogP contribution is -2.13. The van der Waals surface area contributed by atoms with Gasteiger partial charge in [-0.2, -0.15) is 0 Å². The van der Waals surface area contributed by atoms with Crippen LogP contribution in [0.2, 0.25) is 0 Å². The summed E-state index contributed by atoms with van der Waals surface area (Å²) in [4.78, 5) is 18.4. The van der Waals surface area contributed by atoms with Gasteiger partial charge in [0.15, 0.2) is 0 Å². The van der Waals surface area contributed by atoms with Gasteiger partial charge in [0.1, 0.15) is 11.6 Å². The molecule has 2 heterocycles. The fourth-order valence-corrected chi connectivity index (χ4v) is 1.54. The summed E-state index contributed by atoms with van der Waals surface area (Å²) in [5.74, 6) is 1.26. The van der Waals surface area contributed by atoms with Gasteiger partial charge < -0.3 is 15.1 Å². The van der Waals surface area contributed by atoms with Crippen molar-refractivity contribution in [3.05, 3.63) is 40.2 Å². The molecule has 0 aliphatic carbocycles. The number of rotatable bonds is 3. The van der Waals surface area contributed by atoms with Gasteiger partial charge in [-0.1, -0.05) is 0 Å². The van der Waals surface area contributed by atoms with Crippen molar-refractivity contribution in [2.75, 3.05) is 6.54 Å². The highest BCUT2D eigenvalue weighted by Crippen LogP contribution is 2.19. The van der Waals surface area contributed by atoms with E-state index in [1.54, 1.807) is 12.3 Å². The maximum Gasteiger partial charge on any atom is 0.251 e. The van der Waals surface area contributed by atoms with Crippen molar-refractivity contribution in [2.45, 2.75) is 13.3 Å². The Bertz CT molecular complexity index is 542. The number of aromatic amines is 1. The highest BCUT2D eigenvalue weighted by atomic mass is 16.3. The number of nitrogens with one attached hydrogen (secondary N) is 1. The zero-order valence-corrected chi connectivity index (χ0v) is 8.99. The molecule has 84 valence electrons. The van der Waals surface area contributed by atoms with E-state index in [0.29, 0.717) is 24.5 Å². The number of nitrogens with zero attached hydrogens (tertiary/aromatic N) is 1. The van der Waals surface area contributed by atoms with Gasteiger partial charge in [0.05, 0.1) is 11.8 Å². The summed E-state index contributed by atoms with van der Waals surface area (Å²) in [5, 5.41) is 0. The van der Waals surface area contributed by atoms with E-state index in [2.05, 4.69) is 9.97 Å². The standard InChI is InChI=1S/C11H13N3O2/c1-7-9(3-5-16-7)11-13-8(2-4-12)6-10(15)14-11/h3,5-6H,2,4,12H2,1H3,(H,13,14,15). The van der Waals surface area contributed by atoms with Crippen LogP contribution >= 0.6 is 0 Å². The monoisotopic (exact) mass is 219 g/mol. The number of aromatic nitrogens is 2. The van der Waals surface area contributed by atoms with Gasteiger partial charge in [-0.3, -0.25) is 4.79 Å². The molecule has 0 aliphatic heterocycles. The lowest BCUT2D eigenvalue weighted by molar-refractivity contribution is 0.535. The van der Waals surface area contributed by atoms with E-state index < -0.39 is 0 Å². The molecule has 0 spiro atoms. The number of aryl methyl sites for hydroxylation is 1. The molecule has 0 aliphatic rings. The molecule has 0 saturated carbocycles. The molecule has 0 unspecified atom stereocenters. The first-order valence-electron chi connectivity index (χ1n) is 5.05. The third-order valence-corrected chi connectivity index (χ3v) is 2.31. The fourth-order valence-electron chi connectivity index (χ4n) is 1.54. The smallest absolute Gasteiger partial charge is 0.251 e. The Hall–Kier alpha value is -1.88. The quantitative estimate of drug-likeness (QED) is 0.801. The molecule has 3 N–H and O–H groups in total. The Labute approximate surface area is 92.3 Å². The Kier molecular flexibility index (Phi) is 2.87. The van der Waals surface area contributed by atoms with E-state index in [0.717, 1.165) is 11.3 Å². The number of hydrogen-bond donors (Lipinski definition) is 2. The molecule has 2 rings (SSSR count). The average Bonchev–Trinajstić information content (AvgIpc) is 2.64. The largest absolute Gasteiger partial charge is 0.469 e. The van der Waals surface area contributed by atoms with Crippen molar-refractivity contribution < 1.29 is 4.42 Å². The summed E-state index contributed by atoms with van der Waals surface area (Å²) < 4.78 is 5.17. The summed E-state index contributed by atoms with van der Waals surface area (Å²) >= 11 is 0. The molecular formula is C11H13N3O2. The summed E-state index contributed by atoms with van der Waals surface area (Å²) in [6.45, 7) is 2.30. The van der Waals surface area contributed by atoms with Crippen LogP contribution in [0.25, 0.3) is 11.4 Å². The Balaban J connectivity index is 2.49. The molecule has 0 aromatic carbocycles. The van der Waals surface area contributed by atoms with E-state index in [9.17, 15) is 4.79 Å². The maximum atomic E-state index is 11.4. The van der Waals surface area contributed by atoms with Crippen LogP contribution in [-0.4, -0.2) is 16.5 Å². The van der Waals surface area contributed by atoms with Crippen LogP contribution in [0.1, 0.15) is 11.5 Å². The van der Waals surface area contributed by atoms with Gasteiger partial charge in [-0.15, -0.1) is 0 Å². The third kappa shape index (κ3) is 2.04. The highest BCUT2D eigenvalue weighted by Gasteiger charge is 2.08. The van der Waals surface area contributed by atoms with Crippen molar-refractivity contribution in [2.24, 2.45) is 5.73 Å². The van der Waals surface area contributed by atoms with Crippen LogP contribution in [0.3, 0.4) is 0 Å². The molecule has 5 heteroatoms. The fraction of sp³-hybridized carbons (Fsp3) is 0.273. The minimum absolute atomic E-state index is 0.172. The van der Waals surface area contributed by atoms with Crippen molar-refractivity contribution >= 4 is 0 Å². The molecule has 2 aromatic rings. The minimum Gasteiger partial charge on any atom is -0.469 e. The Morgan fingerprint density at radius 1 is 1.56 bits per heavy atom. The Morgan fingerprint density at radius 2 is 2.38 bits per heavy atom. The summed E-state index contributed by atoms with van der Waals surface area (Å²) in [6, 6.07) is 3.24. The van der Waals surface area contributed by atoms with Crippen LogP contribution in [0, 0.1) is 6.92 Å². The Morgan fingerprint density at radius 3 is 3.00 bits per heavy atom. The first-order chi connectivity index (χ1) is 7.70. The molecule has 2 aromatic heterocycles. The maximum absolute atomic E-state index is 11.4. The van der Waals surface area contributed by atoms with Crippen LogP contribution in [0.15, 0.2) is 27.6 Å². The molecule has 0 fully saturated rings. The summed E-state index contributed by atoms with van der Waals surface area (Å²) in [7, 11) is 0. The lowest BCUT2D eigenvalue weighted by Gasteiger charge is -2.02. The van der Waals surface area contributed by atoms with Crippen LogP contribution in [-0.2, 0) is 6.42 Å². The predicted octanol–water partition coefficient (Wildman–Crippen LogP) is 0.840.